The van der Waals surface area contributed by atoms with Crippen LogP contribution in [-0.2, 0) is 0 Å². The van der Waals surface area contributed by atoms with E-state index in [9.17, 15) is 0 Å². The average molecular weight is 220 g/mol. The van der Waals surface area contributed by atoms with Crippen molar-refractivity contribution in [2.75, 3.05) is 12.4 Å². The minimum Gasteiger partial charge on any atom is -0.497 e. The fraction of sp³-hybridized carbons (Fsp3) is 0.538. The molecule has 1 aliphatic carbocycles. The molecule has 1 aromatic rings. The van der Waals surface area contributed by atoms with E-state index in [-0.39, 0.29) is 0 Å². The highest BCUT2D eigenvalue weighted by atomic mass is 16.5. The number of nitrogens with two attached hydrogens (primary N) is 1. The summed E-state index contributed by atoms with van der Waals surface area (Å²) in [4.78, 5) is 0. The Bertz CT molecular complexity index is 323. The summed E-state index contributed by atoms with van der Waals surface area (Å²) >= 11 is 0. The molecule has 2 rings (SSSR count). The predicted octanol–water partition coefficient (Wildman–Crippen LogP) is 2.38. The monoisotopic (exact) mass is 220 g/mol. The highest BCUT2D eigenvalue weighted by molar-refractivity contribution is 5.47. The van der Waals surface area contributed by atoms with Gasteiger partial charge in [0.05, 0.1) is 7.11 Å². The summed E-state index contributed by atoms with van der Waals surface area (Å²) in [6, 6.07) is 8.95. The number of benzene rings is 1. The standard InChI is InChI=1S/C13H20N2O/c1-16-13-7-5-11(6-8-13)15-12-4-2-3-10(14)9-12/h5-8,10,12,15H,2-4,9,14H2,1H3. The summed E-state index contributed by atoms with van der Waals surface area (Å²) < 4.78 is 5.13. The number of nitrogens with one attached hydrogen (secondary N) is 1. The van der Waals surface area contributed by atoms with Crippen LogP contribution in [0.25, 0.3) is 0 Å². The second kappa shape index (κ2) is 5.21. The van der Waals surface area contributed by atoms with Gasteiger partial charge in [0.2, 0.25) is 0 Å². The smallest absolute Gasteiger partial charge is 0.119 e. The predicted molar refractivity (Wildman–Crippen MR) is 66.8 cm³/mol. The Balaban J connectivity index is 1.92. The summed E-state index contributed by atoms with van der Waals surface area (Å²) in [6.07, 6.45) is 4.70. The Morgan fingerprint density at radius 3 is 2.62 bits per heavy atom. The normalized spacial score (nSPS) is 25.1. The fourth-order valence-electron chi connectivity index (χ4n) is 2.28. The third-order valence-corrected chi connectivity index (χ3v) is 3.18. The molecule has 0 radical (unpaired) electrons. The van der Waals surface area contributed by atoms with E-state index in [0.717, 1.165) is 17.9 Å². The molecule has 0 amide bonds. The van der Waals surface area contributed by atoms with Crippen molar-refractivity contribution in [2.24, 2.45) is 5.73 Å². The average Bonchev–Trinajstić information content (AvgIpc) is 2.30. The summed E-state index contributed by atoms with van der Waals surface area (Å²) in [5.74, 6) is 0.894. The first kappa shape index (κ1) is 11.3. The molecule has 0 heterocycles. The fourth-order valence-corrected chi connectivity index (χ4v) is 2.28. The van der Waals surface area contributed by atoms with Gasteiger partial charge in [-0.25, -0.2) is 0 Å². The van der Waals surface area contributed by atoms with Gasteiger partial charge in [-0.3, -0.25) is 0 Å². The van der Waals surface area contributed by atoms with E-state index in [0.29, 0.717) is 12.1 Å². The molecular weight excluding hydrogens is 200 g/mol. The van der Waals surface area contributed by atoms with Gasteiger partial charge in [-0.1, -0.05) is 0 Å². The highest BCUT2D eigenvalue weighted by Crippen LogP contribution is 2.22. The Hall–Kier alpha value is -1.22. The van der Waals surface area contributed by atoms with Crippen LogP contribution in [0.15, 0.2) is 24.3 Å². The van der Waals surface area contributed by atoms with Gasteiger partial charge in [0.1, 0.15) is 5.75 Å². The van der Waals surface area contributed by atoms with Gasteiger partial charge in [0.15, 0.2) is 0 Å². The van der Waals surface area contributed by atoms with Crippen molar-refractivity contribution in [3.63, 3.8) is 0 Å². The minimum absolute atomic E-state index is 0.365. The van der Waals surface area contributed by atoms with E-state index >= 15 is 0 Å². The first-order chi connectivity index (χ1) is 7.78. The van der Waals surface area contributed by atoms with Crippen molar-refractivity contribution in [2.45, 2.75) is 37.8 Å². The highest BCUT2D eigenvalue weighted by Gasteiger charge is 2.18. The number of hydrogen-bond acceptors (Lipinski definition) is 3. The van der Waals surface area contributed by atoms with Crippen molar-refractivity contribution < 1.29 is 4.74 Å². The number of anilines is 1. The lowest BCUT2D eigenvalue weighted by molar-refractivity contribution is 0.408. The lowest BCUT2D eigenvalue weighted by Crippen LogP contribution is -2.34. The zero-order valence-corrected chi connectivity index (χ0v) is 9.78. The van der Waals surface area contributed by atoms with Crippen LogP contribution in [0.3, 0.4) is 0 Å². The number of methoxy groups -OCH3 is 1. The van der Waals surface area contributed by atoms with E-state index in [1.54, 1.807) is 7.11 Å². The third kappa shape index (κ3) is 2.89. The van der Waals surface area contributed by atoms with Gasteiger partial charge in [-0.15, -0.1) is 0 Å². The maximum atomic E-state index is 5.96. The molecule has 1 saturated carbocycles. The van der Waals surface area contributed by atoms with Crippen LogP contribution in [0.1, 0.15) is 25.7 Å². The molecule has 88 valence electrons. The maximum absolute atomic E-state index is 5.96. The summed E-state index contributed by atoms with van der Waals surface area (Å²) in [5.41, 5.74) is 7.12. The molecule has 0 saturated heterocycles. The van der Waals surface area contributed by atoms with Crippen molar-refractivity contribution in [1.29, 1.82) is 0 Å². The number of rotatable bonds is 3. The van der Waals surface area contributed by atoms with Gasteiger partial charge in [0, 0.05) is 17.8 Å². The quantitative estimate of drug-likeness (QED) is 0.822. The van der Waals surface area contributed by atoms with Crippen LogP contribution in [-0.4, -0.2) is 19.2 Å². The van der Waals surface area contributed by atoms with Crippen LogP contribution < -0.4 is 15.8 Å². The number of hydrogen-bond donors (Lipinski definition) is 2. The lowest BCUT2D eigenvalue weighted by Gasteiger charge is -2.28. The molecule has 2 unspecified atom stereocenters. The van der Waals surface area contributed by atoms with E-state index in [1.165, 1.54) is 19.3 Å². The summed E-state index contributed by atoms with van der Waals surface area (Å²) in [5, 5.41) is 3.53. The summed E-state index contributed by atoms with van der Waals surface area (Å²) in [6.45, 7) is 0. The van der Waals surface area contributed by atoms with E-state index in [1.807, 2.05) is 12.1 Å². The third-order valence-electron chi connectivity index (χ3n) is 3.18. The molecule has 0 spiro atoms. The van der Waals surface area contributed by atoms with Crippen molar-refractivity contribution >= 4 is 5.69 Å². The molecule has 0 aromatic heterocycles. The molecule has 3 N–H and O–H groups in total. The maximum Gasteiger partial charge on any atom is 0.119 e. The van der Waals surface area contributed by atoms with E-state index in [4.69, 9.17) is 10.5 Å². The van der Waals surface area contributed by atoms with Crippen LogP contribution >= 0.6 is 0 Å². The number of ether oxygens (including phenoxy) is 1. The summed E-state index contributed by atoms with van der Waals surface area (Å²) in [7, 11) is 1.68. The van der Waals surface area contributed by atoms with E-state index < -0.39 is 0 Å². The van der Waals surface area contributed by atoms with Gasteiger partial charge >= 0.3 is 0 Å². The SMILES string of the molecule is COc1ccc(NC2CCCC(N)C2)cc1. The second-order valence-electron chi connectivity index (χ2n) is 4.50. The lowest BCUT2D eigenvalue weighted by atomic mass is 9.91. The van der Waals surface area contributed by atoms with Crippen molar-refractivity contribution in [3.8, 4) is 5.75 Å². The van der Waals surface area contributed by atoms with Crippen LogP contribution in [0.4, 0.5) is 5.69 Å². The topological polar surface area (TPSA) is 47.3 Å². The van der Waals surface area contributed by atoms with Crippen LogP contribution in [0.2, 0.25) is 0 Å². The van der Waals surface area contributed by atoms with Gasteiger partial charge < -0.3 is 15.8 Å². The Labute approximate surface area is 97.0 Å². The molecule has 1 aromatic carbocycles. The molecule has 1 aliphatic rings. The Morgan fingerprint density at radius 2 is 2.00 bits per heavy atom. The molecule has 3 heteroatoms. The van der Waals surface area contributed by atoms with Gasteiger partial charge in [-0.2, -0.15) is 0 Å². The Kier molecular flexibility index (Phi) is 3.67. The zero-order chi connectivity index (χ0) is 11.4. The van der Waals surface area contributed by atoms with Gasteiger partial charge in [-0.05, 0) is 49.9 Å². The van der Waals surface area contributed by atoms with Crippen molar-refractivity contribution in [3.05, 3.63) is 24.3 Å². The molecule has 1 fully saturated rings. The zero-order valence-electron chi connectivity index (χ0n) is 9.78. The molecular formula is C13H20N2O. The van der Waals surface area contributed by atoms with Crippen molar-refractivity contribution in [1.82, 2.24) is 0 Å². The van der Waals surface area contributed by atoms with Gasteiger partial charge in [0.25, 0.3) is 0 Å². The molecule has 2 atom stereocenters. The second-order valence-corrected chi connectivity index (χ2v) is 4.50. The first-order valence-electron chi connectivity index (χ1n) is 5.94. The minimum atomic E-state index is 0.365. The Morgan fingerprint density at radius 1 is 1.25 bits per heavy atom. The largest absolute Gasteiger partial charge is 0.497 e. The molecule has 3 nitrogen and oxygen atoms in total. The first-order valence-corrected chi connectivity index (χ1v) is 5.94. The molecule has 16 heavy (non-hydrogen) atoms. The molecule has 0 aliphatic heterocycles. The van der Waals surface area contributed by atoms with Crippen LogP contribution in [0.5, 0.6) is 5.75 Å². The molecule has 0 bridgehead atoms. The van der Waals surface area contributed by atoms with E-state index in [2.05, 4.69) is 17.4 Å². The van der Waals surface area contributed by atoms with Crippen LogP contribution in [0, 0.1) is 0 Å².